The number of hydrogen-bond acceptors (Lipinski definition) is 4. The molecule has 24 heavy (non-hydrogen) atoms. The van der Waals surface area contributed by atoms with Gasteiger partial charge in [-0.3, -0.25) is 9.48 Å². The number of nitrogens with zero attached hydrogens (tertiary/aromatic N) is 2. The molecule has 7 heteroatoms. The third kappa shape index (κ3) is 4.23. The van der Waals surface area contributed by atoms with Crippen LogP contribution in [0.15, 0.2) is 47.6 Å². The molecule has 1 amide bonds. The number of carbonyl (C=O) groups is 1. The Balaban J connectivity index is 2.08. The summed E-state index contributed by atoms with van der Waals surface area (Å²) in [5, 5.41) is 6.37. The summed E-state index contributed by atoms with van der Waals surface area (Å²) in [7, 11) is -3.51. The SMILES string of the molecule is CC(C)S(=O)(=O)c1ccccc1C(=O)NC[C@H](C)Cn1cccn1. The van der Waals surface area contributed by atoms with Gasteiger partial charge < -0.3 is 5.32 Å². The van der Waals surface area contributed by atoms with Crippen LogP contribution in [0.4, 0.5) is 0 Å². The lowest BCUT2D eigenvalue weighted by Gasteiger charge is -2.15. The summed E-state index contributed by atoms with van der Waals surface area (Å²) < 4.78 is 26.6. The van der Waals surface area contributed by atoms with Crippen LogP contribution in [0.25, 0.3) is 0 Å². The van der Waals surface area contributed by atoms with Gasteiger partial charge in [0.15, 0.2) is 9.84 Å². The predicted octanol–water partition coefficient (Wildman–Crippen LogP) is 2.13. The highest BCUT2D eigenvalue weighted by atomic mass is 32.2. The Bertz CT molecular complexity index is 783. The lowest BCUT2D eigenvalue weighted by atomic mass is 10.1. The second-order valence-electron chi connectivity index (χ2n) is 6.13. The molecule has 0 saturated heterocycles. The van der Waals surface area contributed by atoms with Gasteiger partial charge in [0, 0.05) is 25.5 Å². The summed E-state index contributed by atoms with van der Waals surface area (Å²) in [5.41, 5.74) is 0.192. The molecule has 0 aliphatic rings. The minimum Gasteiger partial charge on any atom is -0.352 e. The van der Waals surface area contributed by atoms with Crippen molar-refractivity contribution < 1.29 is 13.2 Å². The molecule has 0 aliphatic heterocycles. The van der Waals surface area contributed by atoms with Crippen molar-refractivity contribution in [2.75, 3.05) is 6.54 Å². The highest BCUT2D eigenvalue weighted by Crippen LogP contribution is 2.20. The van der Waals surface area contributed by atoms with E-state index in [1.807, 2.05) is 19.2 Å². The van der Waals surface area contributed by atoms with Crippen LogP contribution >= 0.6 is 0 Å². The fraction of sp³-hybridized carbons (Fsp3) is 0.412. The molecular formula is C17H23N3O3S. The fourth-order valence-corrected chi connectivity index (χ4v) is 3.55. The lowest BCUT2D eigenvalue weighted by molar-refractivity contribution is 0.0943. The summed E-state index contributed by atoms with van der Waals surface area (Å²) in [4.78, 5) is 12.5. The first-order valence-electron chi connectivity index (χ1n) is 7.91. The van der Waals surface area contributed by atoms with Crippen LogP contribution in [0, 0.1) is 5.92 Å². The van der Waals surface area contributed by atoms with Crippen LogP contribution in [-0.4, -0.2) is 35.9 Å². The van der Waals surface area contributed by atoms with E-state index in [9.17, 15) is 13.2 Å². The lowest BCUT2D eigenvalue weighted by Crippen LogP contribution is -2.31. The zero-order valence-corrected chi connectivity index (χ0v) is 15.0. The first kappa shape index (κ1) is 18.2. The zero-order chi connectivity index (χ0) is 17.7. The van der Waals surface area contributed by atoms with Gasteiger partial charge in [-0.25, -0.2) is 8.42 Å². The van der Waals surface area contributed by atoms with E-state index in [0.29, 0.717) is 13.1 Å². The summed E-state index contributed by atoms with van der Waals surface area (Å²) >= 11 is 0. The Morgan fingerprint density at radius 1 is 1.21 bits per heavy atom. The molecule has 0 bridgehead atoms. The molecule has 0 radical (unpaired) electrons. The van der Waals surface area contributed by atoms with Gasteiger partial charge in [0.25, 0.3) is 5.91 Å². The fourth-order valence-electron chi connectivity index (χ4n) is 2.31. The average Bonchev–Trinajstić information content (AvgIpc) is 3.05. The van der Waals surface area contributed by atoms with Gasteiger partial charge >= 0.3 is 0 Å². The molecule has 0 unspecified atom stereocenters. The highest BCUT2D eigenvalue weighted by Gasteiger charge is 2.25. The summed E-state index contributed by atoms with van der Waals surface area (Å²) in [6.07, 6.45) is 3.57. The average molecular weight is 349 g/mol. The first-order chi connectivity index (χ1) is 11.3. The molecule has 6 nitrogen and oxygen atoms in total. The Morgan fingerprint density at radius 2 is 1.92 bits per heavy atom. The van der Waals surface area contributed by atoms with E-state index >= 15 is 0 Å². The molecule has 2 aromatic rings. The topological polar surface area (TPSA) is 81.1 Å². The quantitative estimate of drug-likeness (QED) is 0.830. The number of nitrogens with one attached hydrogen (secondary N) is 1. The number of benzene rings is 1. The van der Waals surface area contributed by atoms with E-state index in [1.165, 1.54) is 6.07 Å². The van der Waals surface area contributed by atoms with Crippen molar-refractivity contribution in [3.8, 4) is 0 Å². The third-order valence-corrected chi connectivity index (χ3v) is 5.94. The van der Waals surface area contributed by atoms with Crippen molar-refractivity contribution in [3.05, 3.63) is 48.3 Å². The number of rotatable bonds is 7. The molecule has 0 saturated carbocycles. The Kier molecular flexibility index (Phi) is 5.77. The minimum absolute atomic E-state index is 0.0808. The molecular weight excluding hydrogens is 326 g/mol. The van der Waals surface area contributed by atoms with Crippen LogP contribution in [-0.2, 0) is 16.4 Å². The monoisotopic (exact) mass is 349 g/mol. The summed E-state index contributed by atoms with van der Waals surface area (Å²) in [6, 6.07) is 8.17. The summed E-state index contributed by atoms with van der Waals surface area (Å²) in [6.45, 7) is 6.33. The summed E-state index contributed by atoms with van der Waals surface area (Å²) in [5.74, 6) is -0.204. The standard InChI is InChI=1S/C17H23N3O3S/c1-13(2)24(22,23)16-8-5-4-7-15(16)17(21)18-11-14(3)12-20-10-6-9-19-20/h4-10,13-14H,11-12H2,1-3H3,(H,18,21)/t14-/m0/s1. The number of aromatic nitrogens is 2. The maximum atomic E-state index is 12.4. The predicted molar refractivity (Wildman–Crippen MR) is 92.5 cm³/mol. The molecule has 0 fully saturated rings. The van der Waals surface area contributed by atoms with Gasteiger partial charge in [-0.05, 0) is 38.0 Å². The molecule has 1 aromatic heterocycles. The van der Waals surface area contributed by atoms with Crippen molar-refractivity contribution in [2.45, 2.75) is 37.5 Å². The molecule has 0 spiro atoms. The largest absolute Gasteiger partial charge is 0.352 e. The Morgan fingerprint density at radius 3 is 2.54 bits per heavy atom. The van der Waals surface area contributed by atoms with Gasteiger partial charge in [-0.1, -0.05) is 19.1 Å². The van der Waals surface area contributed by atoms with Crippen molar-refractivity contribution in [1.82, 2.24) is 15.1 Å². The van der Waals surface area contributed by atoms with Crippen molar-refractivity contribution >= 4 is 15.7 Å². The molecule has 1 aromatic carbocycles. The number of carbonyl (C=O) groups excluding carboxylic acids is 1. The molecule has 0 aliphatic carbocycles. The highest BCUT2D eigenvalue weighted by molar-refractivity contribution is 7.92. The first-order valence-corrected chi connectivity index (χ1v) is 9.45. The van der Waals surface area contributed by atoms with Crippen LogP contribution < -0.4 is 5.32 Å². The van der Waals surface area contributed by atoms with E-state index in [2.05, 4.69) is 10.4 Å². The maximum absolute atomic E-state index is 12.4. The molecule has 130 valence electrons. The number of hydrogen-bond donors (Lipinski definition) is 1. The Labute approximate surface area is 142 Å². The maximum Gasteiger partial charge on any atom is 0.252 e. The van der Waals surface area contributed by atoms with Crippen molar-refractivity contribution in [3.63, 3.8) is 0 Å². The van der Waals surface area contributed by atoms with Crippen molar-refractivity contribution in [1.29, 1.82) is 0 Å². The minimum atomic E-state index is -3.51. The normalized spacial score (nSPS) is 13.0. The number of amides is 1. The van der Waals surface area contributed by atoms with Crippen LogP contribution in [0.2, 0.25) is 0 Å². The van der Waals surface area contributed by atoms with E-state index < -0.39 is 15.1 Å². The molecule has 1 heterocycles. The van der Waals surface area contributed by atoms with Gasteiger partial charge in [-0.2, -0.15) is 5.10 Å². The van der Waals surface area contributed by atoms with Crippen LogP contribution in [0.5, 0.6) is 0 Å². The number of sulfone groups is 1. The van der Waals surface area contributed by atoms with Gasteiger partial charge in [0.1, 0.15) is 0 Å². The second kappa shape index (κ2) is 7.61. The Hall–Kier alpha value is -2.15. The van der Waals surface area contributed by atoms with Crippen molar-refractivity contribution in [2.24, 2.45) is 5.92 Å². The van der Waals surface area contributed by atoms with Gasteiger partial charge in [0.05, 0.1) is 15.7 Å². The second-order valence-corrected chi connectivity index (χ2v) is 8.61. The van der Waals surface area contributed by atoms with Gasteiger partial charge in [0.2, 0.25) is 0 Å². The van der Waals surface area contributed by atoms with Crippen LogP contribution in [0.3, 0.4) is 0 Å². The smallest absolute Gasteiger partial charge is 0.252 e. The van der Waals surface area contributed by atoms with E-state index in [1.54, 1.807) is 42.9 Å². The van der Waals surface area contributed by atoms with E-state index in [0.717, 1.165) is 0 Å². The van der Waals surface area contributed by atoms with E-state index in [-0.39, 0.29) is 22.3 Å². The molecule has 1 atom stereocenters. The molecule has 2 rings (SSSR count). The van der Waals surface area contributed by atoms with Gasteiger partial charge in [-0.15, -0.1) is 0 Å². The van der Waals surface area contributed by atoms with Crippen LogP contribution in [0.1, 0.15) is 31.1 Å². The third-order valence-electron chi connectivity index (χ3n) is 3.73. The van der Waals surface area contributed by atoms with E-state index in [4.69, 9.17) is 0 Å². The molecule has 1 N–H and O–H groups in total. The zero-order valence-electron chi connectivity index (χ0n) is 14.1.